The Hall–Kier alpha value is -4.60. The normalized spacial score (nSPS) is 11.4. The number of aromatic nitrogens is 2. The van der Waals surface area contributed by atoms with Gasteiger partial charge in [0.15, 0.2) is 17.3 Å². The van der Waals surface area contributed by atoms with E-state index in [0.29, 0.717) is 67.8 Å². The van der Waals surface area contributed by atoms with E-state index in [2.05, 4.69) is 21.0 Å². The number of para-hydroxylation sites is 1. The highest BCUT2D eigenvalue weighted by atomic mass is 79.9. The van der Waals surface area contributed by atoms with Crippen molar-refractivity contribution in [1.82, 2.24) is 9.66 Å². The zero-order chi connectivity index (χ0) is 29.9. The van der Waals surface area contributed by atoms with E-state index in [0.717, 1.165) is 10.9 Å². The molecule has 6 aromatic rings. The van der Waals surface area contributed by atoms with Gasteiger partial charge in [-0.05, 0) is 83.0 Å². The van der Waals surface area contributed by atoms with Crippen molar-refractivity contribution in [1.29, 1.82) is 0 Å². The smallest absolute Gasteiger partial charge is 0.282 e. The topological polar surface area (TPSA) is 88.1 Å². The number of benzene rings is 4. The van der Waals surface area contributed by atoms with Gasteiger partial charge in [-0.25, -0.2) is 4.98 Å². The Kier molecular flexibility index (Phi) is 8.18. The standard InChI is InChI=1S/C33H25BrClN3O5/c1-3-41-29-15-21(25(34)17-30(29)42-19-20-11-13-22(35)14-12-20)18-36-38-32(37-26-8-5-4-7-23(26)33(38)39)31-16-24-27(40-2)9-6-10-28(24)43-31/h4-18H,3,19H2,1-2H3. The molecule has 0 saturated carbocycles. The van der Waals surface area contributed by atoms with Crippen LogP contribution in [0.25, 0.3) is 33.5 Å². The second-order valence-corrected chi connectivity index (χ2v) is 10.8. The van der Waals surface area contributed by atoms with Crippen molar-refractivity contribution in [2.45, 2.75) is 13.5 Å². The molecule has 10 heteroatoms. The molecule has 0 unspecified atom stereocenters. The van der Waals surface area contributed by atoms with Gasteiger partial charge < -0.3 is 18.6 Å². The summed E-state index contributed by atoms with van der Waals surface area (Å²) in [6, 6.07) is 25.5. The maximum atomic E-state index is 13.7. The van der Waals surface area contributed by atoms with Crippen LogP contribution in [0, 0.1) is 0 Å². The first-order chi connectivity index (χ1) is 20.9. The van der Waals surface area contributed by atoms with Crippen LogP contribution in [0.1, 0.15) is 18.1 Å². The summed E-state index contributed by atoms with van der Waals surface area (Å²) in [7, 11) is 1.60. The first-order valence-electron chi connectivity index (χ1n) is 13.4. The monoisotopic (exact) mass is 657 g/mol. The summed E-state index contributed by atoms with van der Waals surface area (Å²) in [6.07, 6.45) is 1.57. The fourth-order valence-corrected chi connectivity index (χ4v) is 5.16. The molecule has 216 valence electrons. The number of methoxy groups -OCH3 is 1. The van der Waals surface area contributed by atoms with Crippen LogP contribution in [-0.2, 0) is 6.61 Å². The predicted octanol–water partition coefficient (Wildman–Crippen LogP) is 8.09. The Morgan fingerprint density at radius 1 is 0.953 bits per heavy atom. The summed E-state index contributed by atoms with van der Waals surface area (Å²) in [4.78, 5) is 18.5. The van der Waals surface area contributed by atoms with E-state index < -0.39 is 0 Å². The van der Waals surface area contributed by atoms with Crippen LogP contribution in [0.3, 0.4) is 0 Å². The van der Waals surface area contributed by atoms with Gasteiger partial charge in [-0.3, -0.25) is 4.79 Å². The molecule has 6 rings (SSSR count). The number of fused-ring (bicyclic) bond motifs is 2. The fraction of sp³-hybridized carbons (Fsp3) is 0.121. The third kappa shape index (κ3) is 5.86. The molecule has 0 aliphatic rings. The maximum Gasteiger partial charge on any atom is 0.282 e. The van der Waals surface area contributed by atoms with Crippen molar-refractivity contribution in [3.05, 3.63) is 116 Å². The van der Waals surface area contributed by atoms with Crippen LogP contribution in [0.15, 0.2) is 104 Å². The molecule has 2 heterocycles. The molecule has 0 fully saturated rings. The van der Waals surface area contributed by atoms with Crippen LogP contribution in [-0.4, -0.2) is 29.6 Å². The van der Waals surface area contributed by atoms with Gasteiger partial charge in [-0.2, -0.15) is 9.78 Å². The number of nitrogens with zero attached hydrogens (tertiary/aromatic N) is 3. The summed E-state index contributed by atoms with van der Waals surface area (Å²) in [6.45, 7) is 2.66. The highest BCUT2D eigenvalue weighted by Crippen LogP contribution is 2.35. The molecule has 43 heavy (non-hydrogen) atoms. The van der Waals surface area contributed by atoms with Crippen LogP contribution in [0.2, 0.25) is 5.02 Å². The van der Waals surface area contributed by atoms with Crippen LogP contribution < -0.4 is 19.8 Å². The minimum absolute atomic E-state index is 0.252. The molecule has 0 N–H and O–H groups in total. The molecule has 0 amide bonds. The summed E-state index contributed by atoms with van der Waals surface area (Å²) in [5.74, 6) is 2.37. The minimum atomic E-state index is -0.339. The summed E-state index contributed by atoms with van der Waals surface area (Å²) in [5.41, 5.74) is 2.43. The Morgan fingerprint density at radius 2 is 1.74 bits per heavy atom. The van der Waals surface area contributed by atoms with Gasteiger partial charge in [0.1, 0.15) is 17.9 Å². The molecule has 0 radical (unpaired) electrons. The molecule has 0 spiro atoms. The minimum Gasteiger partial charge on any atom is -0.496 e. The van der Waals surface area contributed by atoms with E-state index in [9.17, 15) is 4.79 Å². The molecule has 0 aliphatic carbocycles. The van der Waals surface area contributed by atoms with E-state index in [1.165, 1.54) is 4.68 Å². The maximum absolute atomic E-state index is 13.7. The lowest BCUT2D eigenvalue weighted by Gasteiger charge is -2.14. The summed E-state index contributed by atoms with van der Waals surface area (Å²) < 4.78 is 25.5. The van der Waals surface area contributed by atoms with Gasteiger partial charge in [-0.1, -0.05) is 41.9 Å². The average molecular weight is 659 g/mol. The third-order valence-corrected chi connectivity index (χ3v) is 7.64. The highest BCUT2D eigenvalue weighted by Gasteiger charge is 2.18. The fourth-order valence-electron chi connectivity index (χ4n) is 4.61. The zero-order valence-electron chi connectivity index (χ0n) is 23.2. The van der Waals surface area contributed by atoms with E-state index in [-0.39, 0.29) is 11.4 Å². The van der Waals surface area contributed by atoms with E-state index in [1.54, 1.807) is 43.7 Å². The van der Waals surface area contributed by atoms with E-state index in [1.807, 2.05) is 61.5 Å². The van der Waals surface area contributed by atoms with Crippen molar-refractivity contribution < 1.29 is 18.6 Å². The highest BCUT2D eigenvalue weighted by molar-refractivity contribution is 9.10. The van der Waals surface area contributed by atoms with Crippen molar-refractivity contribution in [3.8, 4) is 28.8 Å². The molecule has 0 bridgehead atoms. The molecule has 4 aromatic carbocycles. The SMILES string of the molecule is CCOc1cc(C=Nn2c(-c3cc4c(OC)cccc4o3)nc3ccccc3c2=O)c(Br)cc1OCc1ccc(Cl)cc1. The van der Waals surface area contributed by atoms with Crippen molar-refractivity contribution in [2.75, 3.05) is 13.7 Å². The number of hydrogen-bond acceptors (Lipinski definition) is 7. The Bertz CT molecular complexity index is 2040. The number of furan rings is 1. The van der Waals surface area contributed by atoms with Crippen LogP contribution in [0.5, 0.6) is 17.2 Å². The Morgan fingerprint density at radius 3 is 2.53 bits per heavy atom. The second-order valence-electron chi connectivity index (χ2n) is 9.47. The summed E-state index contributed by atoms with van der Waals surface area (Å²) >= 11 is 9.63. The lowest BCUT2D eigenvalue weighted by atomic mass is 10.2. The van der Waals surface area contributed by atoms with Gasteiger partial charge in [0.05, 0.1) is 36.2 Å². The number of ether oxygens (including phenoxy) is 3. The molecule has 0 aliphatic heterocycles. The molecular weight excluding hydrogens is 634 g/mol. The van der Waals surface area contributed by atoms with Crippen LogP contribution >= 0.6 is 27.5 Å². The average Bonchev–Trinajstić information content (AvgIpc) is 3.46. The molecule has 0 saturated heterocycles. The zero-order valence-corrected chi connectivity index (χ0v) is 25.6. The Balaban J connectivity index is 1.41. The number of hydrogen-bond donors (Lipinski definition) is 0. The first kappa shape index (κ1) is 28.5. The van der Waals surface area contributed by atoms with Gasteiger partial charge in [0, 0.05) is 15.1 Å². The van der Waals surface area contributed by atoms with Gasteiger partial charge >= 0.3 is 0 Å². The van der Waals surface area contributed by atoms with Gasteiger partial charge in [0.25, 0.3) is 5.56 Å². The largest absolute Gasteiger partial charge is 0.496 e. The number of halogens is 2. The summed E-state index contributed by atoms with van der Waals surface area (Å²) in [5, 5.41) is 6.44. The quantitative estimate of drug-likeness (QED) is 0.146. The third-order valence-electron chi connectivity index (χ3n) is 6.70. The molecule has 0 atom stereocenters. The van der Waals surface area contributed by atoms with Crippen molar-refractivity contribution >= 4 is 55.6 Å². The predicted molar refractivity (Wildman–Crippen MR) is 172 cm³/mol. The molecule has 8 nitrogen and oxygen atoms in total. The van der Waals surface area contributed by atoms with Crippen LogP contribution in [0.4, 0.5) is 0 Å². The second kappa shape index (κ2) is 12.3. The molecular formula is C33H25BrClN3O5. The van der Waals surface area contributed by atoms with E-state index in [4.69, 9.17) is 35.2 Å². The van der Waals surface area contributed by atoms with Crippen molar-refractivity contribution in [3.63, 3.8) is 0 Å². The lowest BCUT2D eigenvalue weighted by Crippen LogP contribution is -2.20. The van der Waals surface area contributed by atoms with Gasteiger partial charge in [-0.15, -0.1) is 0 Å². The van der Waals surface area contributed by atoms with Gasteiger partial charge in [0.2, 0.25) is 5.82 Å². The van der Waals surface area contributed by atoms with Crippen molar-refractivity contribution in [2.24, 2.45) is 5.10 Å². The lowest BCUT2D eigenvalue weighted by molar-refractivity contribution is 0.269. The number of rotatable bonds is 9. The Labute approximate surface area is 260 Å². The first-order valence-corrected chi connectivity index (χ1v) is 14.6. The van der Waals surface area contributed by atoms with E-state index >= 15 is 0 Å². The molecule has 2 aromatic heterocycles.